The van der Waals surface area contributed by atoms with Crippen molar-refractivity contribution in [2.45, 2.75) is 6.61 Å². The van der Waals surface area contributed by atoms with Gasteiger partial charge >= 0.3 is 0 Å². The van der Waals surface area contributed by atoms with Crippen molar-refractivity contribution in [2.24, 2.45) is 0 Å². The van der Waals surface area contributed by atoms with E-state index in [4.69, 9.17) is 0 Å². The van der Waals surface area contributed by atoms with Crippen LogP contribution in [-0.4, -0.2) is 12.2 Å². The molecular formula is C14H13BrFNO. The van der Waals surface area contributed by atoms with Crippen LogP contribution >= 0.6 is 15.9 Å². The minimum atomic E-state index is -0.276. The molecule has 0 saturated heterocycles. The number of benzene rings is 2. The van der Waals surface area contributed by atoms with E-state index in [2.05, 4.69) is 15.9 Å². The van der Waals surface area contributed by atoms with Crippen LogP contribution in [0.4, 0.5) is 15.8 Å². The molecule has 0 bridgehead atoms. The maximum Gasteiger partial charge on any atom is 0.125 e. The lowest BCUT2D eigenvalue weighted by molar-refractivity contribution is 0.282. The summed E-state index contributed by atoms with van der Waals surface area (Å²) in [5.41, 5.74) is 2.38. The summed E-state index contributed by atoms with van der Waals surface area (Å²) >= 11 is 3.36. The molecule has 0 aromatic heterocycles. The summed E-state index contributed by atoms with van der Waals surface area (Å²) in [5, 5.41) is 9.37. The molecule has 2 aromatic carbocycles. The number of nitrogens with zero attached hydrogens (tertiary/aromatic N) is 1. The van der Waals surface area contributed by atoms with Crippen LogP contribution in [-0.2, 0) is 6.61 Å². The fraction of sp³-hybridized carbons (Fsp3) is 0.143. The first-order chi connectivity index (χ1) is 8.61. The van der Waals surface area contributed by atoms with E-state index in [1.165, 1.54) is 12.1 Å². The SMILES string of the molecule is CN(c1cccc(F)c1)c1ccc(Br)cc1CO. The quantitative estimate of drug-likeness (QED) is 0.931. The van der Waals surface area contributed by atoms with Crippen LogP contribution in [0, 0.1) is 5.82 Å². The Bertz CT molecular complexity index is 559. The number of aliphatic hydroxyl groups excluding tert-OH is 1. The Morgan fingerprint density at radius 1 is 1.22 bits per heavy atom. The molecule has 0 spiro atoms. The van der Waals surface area contributed by atoms with Gasteiger partial charge in [0.15, 0.2) is 0 Å². The highest BCUT2D eigenvalue weighted by molar-refractivity contribution is 9.10. The Hall–Kier alpha value is -1.39. The van der Waals surface area contributed by atoms with Crippen molar-refractivity contribution in [3.8, 4) is 0 Å². The van der Waals surface area contributed by atoms with Crippen molar-refractivity contribution in [3.63, 3.8) is 0 Å². The third-order valence-corrected chi connectivity index (χ3v) is 3.26. The van der Waals surface area contributed by atoms with Gasteiger partial charge in [-0.1, -0.05) is 22.0 Å². The van der Waals surface area contributed by atoms with Gasteiger partial charge in [-0.2, -0.15) is 0 Å². The van der Waals surface area contributed by atoms with Crippen LogP contribution in [0.25, 0.3) is 0 Å². The molecule has 4 heteroatoms. The van der Waals surface area contributed by atoms with Crippen LogP contribution in [0.1, 0.15) is 5.56 Å². The summed E-state index contributed by atoms with van der Waals surface area (Å²) in [6.07, 6.45) is 0. The normalized spacial score (nSPS) is 10.4. The molecule has 0 atom stereocenters. The lowest BCUT2D eigenvalue weighted by atomic mass is 10.1. The first-order valence-corrected chi connectivity index (χ1v) is 6.29. The smallest absolute Gasteiger partial charge is 0.125 e. The molecule has 2 nitrogen and oxygen atoms in total. The van der Waals surface area contributed by atoms with Gasteiger partial charge in [0, 0.05) is 28.5 Å². The molecule has 0 amide bonds. The van der Waals surface area contributed by atoms with E-state index in [9.17, 15) is 9.50 Å². The molecule has 0 radical (unpaired) electrons. The average Bonchev–Trinajstić information content (AvgIpc) is 2.37. The van der Waals surface area contributed by atoms with Crippen LogP contribution < -0.4 is 4.90 Å². The van der Waals surface area contributed by atoms with Crippen LogP contribution in [0.3, 0.4) is 0 Å². The number of rotatable bonds is 3. The molecule has 0 aliphatic carbocycles. The number of hydrogen-bond donors (Lipinski definition) is 1. The highest BCUT2D eigenvalue weighted by Crippen LogP contribution is 2.29. The fourth-order valence-electron chi connectivity index (χ4n) is 1.83. The van der Waals surface area contributed by atoms with Crippen LogP contribution in [0.15, 0.2) is 46.9 Å². The predicted octanol–water partition coefficient (Wildman–Crippen LogP) is 3.85. The van der Waals surface area contributed by atoms with Crippen molar-refractivity contribution in [1.29, 1.82) is 0 Å². The molecule has 0 saturated carbocycles. The van der Waals surface area contributed by atoms with Crippen molar-refractivity contribution in [3.05, 3.63) is 58.3 Å². The Balaban J connectivity index is 2.42. The lowest BCUT2D eigenvalue weighted by Crippen LogP contribution is -2.12. The number of hydrogen-bond acceptors (Lipinski definition) is 2. The van der Waals surface area contributed by atoms with Crippen LogP contribution in [0.5, 0.6) is 0 Å². The van der Waals surface area contributed by atoms with Gasteiger partial charge in [0.2, 0.25) is 0 Å². The minimum absolute atomic E-state index is 0.0611. The molecule has 1 N–H and O–H groups in total. The summed E-state index contributed by atoms with van der Waals surface area (Å²) in [5.74, 6) is -0.276. The van der Waals surface area contributed by atoms with Gasteiger partial charge in [0.1, 0.15) is 5.82 Å². The molecule has 94 valence electrons. The molecule has 2 aromatic rings. The van der Waals surface area contributed by atoms with E-state index in [-0.39, 0.29) is 12.4 Å². The van der Waals surface area contributed by atoms with Crippen LogP contribution in [0.2, 0.25) is 0 Å². The van der Waals surface area contributed by atoms with Gasteiger partial charge in [0.05, 0.1) is 6.61 Å². The summed E-state index contributed by atoms with van der Waals surface area (Å²) in [6, 6.07) is 12.0. The van der Waals surface area contributed by atoms with E-state index in [0.717, 1.165) is 21.4 Å². The second kappa shape index (κ2) is 5.50. The fourth-order valence-corrected chi connectivity index (χ4v) is 2.24. The molecule has 0 fully saturated rings. The predicted molar refractivity (Wildman–Crippen MR) is 74.5 cm³/mol. The first-order valence-electron chi connectivity index (χ1n) is 5.50. The summed E-state index contributed by atoms with van der Waals surface area (Å²) in [4.78, 5) is 1.85. The molecular weight excluding hydrogens is 297 g/mol. The summed E-state index contributed by atoms with van der Waals surface area (Å²) in [7, 11) is 1.84. The van der Waals surface area contributed by atoms with E-state index in [1.807, 2.05) is 36.2 Å². The molecule has 0 heterocycles. The van der Waals surface area contributed by atoms with E-state index in [1.54, 1.807) is 6.07 Å². The van der Waals surface area contributed by atoms with Gasteiger partial charge in [-0.25, -0.2) is 4.39 Å². The van der Waals surface area contributed by atoms with E-state index in [0.29, 0.717) is 0 Å². The molecule has 18 heavy (non-hydrogen) atoms. The molecule has 0 aliphatic heterocycles. The summed E-state index contributed by atoms with van der Waals surface area (Å²) in [6.45, 7) is -0.0611. The maximum atomic E-state index is 13.2. The minimum Gasteiger partial charge on any atom is -0.392 e. The third-order valence-electron chi connectivity index (χ3n) is 2.77. The molecule has 0 unspecified atom stereocenters. The second-order valence-electron chi connectivity index (χ2n) is 3.97. The topological polar surface area (TPSA) is 23.5 Å². The Morgan fingerprint density at radius 3 is 2.67 bits per heavy atom. The van der Waals surface area contributed by atoms with E-state index >= 15 is 0 Å². The monoisotopic (exact) mass is 309 g/mol. The van der Waals surface area contributed by atoms with Crippen molar-refractivity contribution in [2.75, 3.05) is 11.9 Å². The molecule has 0 aliphatic rings. The average molecular weight is 310 g/mol. The van der Waals surface area contributed by atoms with Gasteiger partial charge < -0.3 is 10.0 Å². The van der Waals surface area contributed by atoms with Gasteiger partial charge in [0.25, 0.3) is 0 Å². The van der Waals surface area contributed by atoms with Crippen molar-refractivity contribution >= 4 is 27.3 Å². The Morgan fingerprint density at radius 2 is 2.00 bits per heavy atom. The zero-order chi connectivity index (χ0) is 13.1. The van der Waals surface area contributed by atoms with Crippen molar-refractivity contribution in [1.82, 2.24) is 0 Å². The highest BCUT2D eigenvalue weighted by Gasteiger charge is 2.09. The molecule has 2 rings (SSSR count). The van der Waals surface area contributed by atoms with E-state index < -0.39 is 0 Å². The first kappa shape index (κ1) is 13.1. The maximum absolute atomic E-state index is 13.2. The van der Waals surface area contributed by atoms with Gasteiger partial charge in [-0.3, -0.25) is 0 Å². The Labute approximate surface area is 114 Å². The summed E-state index contributed by atoms with van der Waals surface area (Å²) < 4.78 is 14.1. The Kier molecular flexibility index (Phi) is 3.99. The number of halogens is 2. The highest BCUT2D eigenvalue weighted by atomic mass is 79.9. The number of anilines is 2. The zero-order valence-electron chi connectivity index (χ0n) is 9.90. The number of aliphatic hydroxyl groups is 1. The third kappa shape index (κ3) is 2.71. The lowest BCUT2D eigenvalue weighted by Gasteiger charge is -2.22. The van der Waals surface area contributed by atoms with Gasteiger partial charge in [-0.05, 0) is 36.4 Å². The standard InChI is InChI=1S/C14H13BrFNO/c1-17(13-4-2-3-12(16)8-13)14-6-5-11(15)7-10(14)9-18/h2-8,18H,9H2,1H3. The van der Waals surface area contributed by atoms with Gasteiger partial charge in [-0.15, -0.1) is 0 Å². The second-order valence-corrected chi connectivity index (χ2v) is 4.89. The zero-order valence-corrected chi connectivity index (χ0v) is 11.5. The largest absolute Gasteiger partial charge is 0.392 e. The van der Waals surface area contributed by atoms with Crippen molar-refractivity contribution < 1.29 is 9.50 Å².